The molecule has 1 aromatic rings. The van der Waals surface area contributed by atoms with E-state index >= 15 is 0 Å². The first kappa shape index (κ1) is 14.4. The van der Waals surface area contributed by atoms with Gasteiger partial charge in [-0.25, -0.2) is 9.18 Å². The molecule has 0 aliphatic carbocycles. The summed E-state index contributed by atoms with van der Waals surface area (Å²) in [5.74, 6) is -1.14. The number of carbonyl (C=O) groups is 1. The van der Waals surface area contributed by atoms with E-state index in [4.69, 9.17) is 4.74 Å². The number of rotatable bonds is 4. The third kappa shape index (κ3) is 3.67. The molecule has 0 spiro atoms. The van der Waals surface area contributed by atoms with Crippen molar-refractivity contribution < 1.29 is 19.0 Å². The zero-order chi connectivity index (χ0) is 13.7. The van der Waals surface area contributed by atoms with Crippen LogP contribution in [0.1, 0.15) is 38.0 Å². The van der Waals surface area contributed by atoms with Crippen molar-refractivity contribution in [2.75, 3.05) is 6.61 Å². The monoisotopic (exact) mass is 252 g/mol. The molecule has 1 N–H and O–H groups in total. The molecule has 1 aromatic carbocycles. The summed E-state index contributed by atoms with van der Waals surface area (Å²) in [6, 6.07) is 3.89. The molecule has 0 saturated carbocycles. The van der Waals surface area contributed by atoms with Crippen LogP contribution in [0.5, 0.6) is 0 Å². The van der Waals surface area contributed by atoms with E-state index in [9.17, 15) is 14.3 Å². The smallest absolute Gasteiger partial charge is 0.339 e. The molecule has 0 bridgehead atoms. The molecule has 0 fully saturated rings. The Kier molecular flexibility index (Phi) is 5.04. The van der Waals surface area contributed by atoms with Crippen LogP contribution in [0.3, 0.4) is 0 Å². The number of hydrogen-bond donors (Lipinski definition) is 1. The second kappa shape index (κ2) is 6.31. The first-order chi connectivity index (χ1) is 8.45. The number of esters is 1. The van der Waals surface area contributed by atoms with Gasteiger partial charge in [0.25, 0.3) is 0 Å². The molecule has 18 heavy (non-hydrogen) atoms. The lowest BCUT2D eigenvalue weighted by atomic mass is 10.0. The van der Waals surface area contributed by atoms with Crippen LogP contribution in [0.15, 0.2) is 23.8 Å². The van der Waals surface area contributed by atoms with E-state index in [1.165, 1.54) is 18.2 Å². The average molecular weight is 252 g/mol. The third-order valence-corrected chi connectivity index (χ3v) is 2.30. The number of hydrogen-bond acceptors (Lipinski definition) is 3. The highest BCUT2D eigenvalue weighted by Gasteiger charge is 2.21. The standard InChI is InChI=1S/C14H17FO3/c1-4-18-14(17)13(16)12-6-5-11(15)8-10(12)7-9(2)3/h5-8,13,16H,4H2,1-3H3. The molecule has 4 heteroatoms. The Morgan fingerprint density at radius 2 is 2.17 bits per heavy atom. The van der Waals surface area contributed by atoms with Gasteiger partial charge in [-0.1, -0.05) is 17.7 Å². The maximum absolute atomic E-state index is 13.2. The Bertz CT molecular complexity index is 462. The molecule has 0 saturated heterocycles. The van der Waals surface area contributed by atoms with Gasteiger partial charge in [-0.2, -0.15) is 0 Å². The zero-order valence-corrected chi connectivity index (χ0v) is 10.7. The van der Waals surface area contributed by atoms with Crippen LogP contribution in [0.2, 0.25) is 0 Å². The summed E-state index contributed by atoms with van der Waals surface area (Å²) in [5.41, 5.74) is 1.77. The van der Waals surface area contributed by atoms with Crippen LogP contribution in [0, 0.1) is 5.82 Å². The van der Waals surface area contributed by atoms with Crippen molar-refractivity contribution in [2.45, 2.75) is 26.9 Å². The number of carbonyl (C=O) groups excluding carboxylic acids is 1. The van der Waals surface area contributed by atoms with E-state index < -0.39 is 17.9 Å². The van der Waals surface area contributed by atoms with E-state index in [2.05, 4.69) is 0 Å². The van der Waals surface area contributed by atoms with Crippen LogP contribution in [0.25, 0.3) is 6.08 Å². The maximum atomic E-state index is 13.2. The molecule has 0 aliphatic rings. The molecule has 98 valence electrons. The predicted octanol–water partition coefficient (Wildman–Crippen LogP) is 2.85. The average Bonchev–Trinajstić information content (AvgIpc) is 2.28. The maximum Gasteiger partial charge on any atom is 0.339 e. The molecule has 3 nitrogen and oxygen atoms in total. The molecule has 0 radical (unpaired) electrons. The highest BCUT2D eigenvalue weighted by Crippen LogP contribution is 2.23. The lowest BCUT2D eigenvalue weighted by Crippen LogP contribution is -2.16. The van der Waals surface area contributed by atoms with Gasteiger partial charge in [0.1, 0.15) is 5.82 Å². The summed E-state index contributed by atoms with van der Waals surface area (Å²) in [6.07, 6.45) is 0.317. The van der Waals surface area contributed by atoms with Crippen molar-refractivity contribution in [3.63, 3.8) is 0 Å². The fourth-order valence-corrected chi connectivity index (χ4v) is 1.58. The van der Waals surface area contributed by atoms with Crippen molar-refractivity contribution in [3.8, 4) is 0 Å². The molecule has 1 rings (SSSR count). The summed E-state index contributed by atoms with van der Waals surface area (Å²) in [5, 5.41) is 9.88. The summed E-state index contributed by atoms with van der Waals surface area (Å²) >= 11 is 0. The summed E-state index contributed by atoms with van der Waals surface area (Å²) in [4.78, 5) is 11.5. The first-order valence-corrected chi connectivity index (χ1v) is 5.74. The zero-order valence-electron chi connectivity index (χ0n) is 10.7. The van der Waals surface area contributed by atoms with Gasteiger partial charge in [-0.05, 0) is 44.0 Å². The van der Waals surface area contributed by atoms with Crippen molar-refractivity contribution in [1.29, 1.82) is 0 Å². The number of benzene rings is 1. The minimum Gasteiger partial charge on any atom is -0.464 e. The molecular weight excluding hydrogens is 235 g/mol. The minimum absolute atomic E-state index is 0.190. The van der Waals surface area contributed by atoms with Gasteiger partial charge in [-0.15, -0.1) is 0 Å². The van der Waals surface area contributed by atoms with Gasteiger partial charge in [0.05, 0.1) is 6.61 Å². The molecule has 1 unspecified atom stereocenters. The van der Waals surface area contributed by atoms with E-state index in [1.54, 1.807) is 13.0 Å². The summed E-state index contributed by atoms with van der Waals surface area (Å²) < 4.78 is 17.9. The molecule has 0 amide bonds. The number of aliphatic hydroxyl groups excluding tert-OH is 1. The number of aliphatic hydroxyl groups is 1. The molecule has 0 aliphatic heterocycles. The van der Waals surface area contributed by atoms with Gasteiger partial charge in [0, 0.05) is 0 Å². The largest absolute Gasteiger partial charge is 0.464 e. The Labute approximate surface area is 106 Å². The van der Waals surface area contributed by atoms with Gasteiger partial charge in [0.2, 0.25) is 0 Å². The SMILES string of the molecule is CCOC(=O)C(O)c1ccc(F)cc1C=C(C)C. The van der Waals surface area contributed by atoms with Crippen molar-refractivity contribution in [2.24, 2.45) is 0 Å². The van der Waals surface area contributed by atoms with Crippen molar-refractivity contribution >= 4 is 12.0 Å². The summed E-state index contributed by atoms with van der Waals surface area (Å²) in [6.45, 7) is 5.55. The highest BCUT2D eigenvalue weighted by atomic mass is 19.1. The molecule has 0 heterocycles. The van der Waals surface area contributed by atoms with Crippen molar-refractivity contribution in [3.05, 3.63) is 40.7 Å². The molecule has 0 aromatic heterocycles. The van der Waals surface area contributed by atoms with Gasteiger partial charge >= 0.3 is 5.97 Å². The van der Waals surface area contributed by atoms with Crippen LogP contribution >= 0.6 is 0 Å². The minimum atomic E-state index is -1.39. The van der Waals surface area contributed by atoms with Crippen LogP contribution in [-0.2, 0) is 9.53 Å². The predicted molar refractivity (Wildman–Crippen MR) is 67.3 cm³/mol. The first-order valence-electron chi connectivity index (χ1n) is 5.74. The number of allylic oxidation sites excluding steroid dienone is 1. The quantitative estimate of drug-likeness (QED) is 0.838. The lowest BCUT2D eigenvalue weighted by Gasteiger charge is -2.13. The van der Waals surface area contributed by atoms with E-state index in [-0.39, 0.29) is 6.61 Å². The fraction of sp³-hybridized carbons (Fsp3) is 0.357. The second-order valence-electron chi connectivity index (χ2n) is 4.15. The highest BCUT2D eigenvalue weighted by molar-refractivity contribution is 5.78. The van der Waals surface area contributed by atoms with Gasteiger partial charge in [-0.3, -0.25) is 0 Å². The Balaban J connectivity index is 3.15. The Hall–Kier alpha value is -1.68. The van der Waals surface area contributed by atoms with E-state index in [0.717, 1.165) is 5.57 Å². The molecule has 1 atom stereocenters. The van der Waals surface area contributed by atoms with Crippen LogP contribution < -0.4 is 0 Å². The number of halogens is 1. The van der Waals surface area contributed by atoms with E-state index in [0.29, 0.717) is 11.1 Å². The second-order valence-corrected chi connectivity index (χ2v) is 4.15. The summed E-state index contributed by atoms with van der Waals surface area (Å²) in [7, 11) is 0. The lowest BCUT2D eigenvalue weighted by molar-refractivity contribution is -0.153. The van der Waals surface area contributed by atoms with Crippen LogP contribution in [0.4, 0.5) is 4.39 Å². The van der Waals surface area contributed by atoms with Gasteiger partial charge < -0.3 is 9.84 Å². The third-order valence-electron chi connectivity index (χ3n) is 2.30. The van der Waals surface area contributed by atoms with Crippen LogP contribution in [-0.4, -0.2) is 17.7 Å². The normalized spacial score (nSPS) is 11.8. The topological polar surface area (TPSA) is 46.5 Å². The number of ether oxygens (including phenoxy) is 1. The fourth-order valence-electron chi connectivity index (χ4n) is 1.58. The van der Waals surface area contributed by atoms with E-state index in [1.807, 2.05) is 13.8 Å². The molecular formula is C14H17FO3. The Morgan fingerprint density at radius 3 is 2.72 bits per heavy atom. The van der Waals surface area contributed by atoms with Crippen molar-refractivity contribution in [1.82, 2.24) is 0 Å². The van der Waals surface area contributed by atoms with Gasteiger partial charge in [0.15, 0.2) is 6.10 Å². The Morgan fingerprint density at radius 1 is 1.50 bits per heavy atom.